The van der Waals surface area contributed by atoms with E-state index >= 15 is 0 Å². The largest absolute Gasteiger partial charge is 0.319 e. The van der Waals surface area contributed by atoms with Gasteiger partial charge in [0.15, 0.2) is 0 Å². The van der Waals surface area contributed by atoms with Crippen molar-refractivity contribution in [1.29, 1.82) is 0 Å². The SMILES string of the molecule is CCC1CCCC2(C1)CC2CNC. The van der Waals surface area contributed by atoms with Crippen LogP contribution >= 0.6 is 0 Å². The van der Waals surface area contributed by atoms with Gasteiger partial charge in [-0.1, -0.05) is 26.2 Å². The minimum Gasteiger partial charge on any atom is -0.319 e. The highest BCUT2D eigenvalue weighted by molar-refractivity contribution is 5.05. The molecular formula is C12H23N. The summed E-state index contributed by atoms with van der Waals surface area (Å²) in [5, 5.41) is 3.33. The van der Waals surface area contributed by atoms with E-state index in [9.17, 15) is 0 Å². The van der Waals surface area contributed by atoms with Crippen LogP contribution in [0.25, 0.3) is 0 Å². The van der Waals surface area contributed by atoms with Crippen LogP contribution in [0.4, 0.5) is 0 Å². The summed E-state index contributed by atoms with van der Waals surface area (Å²) in [7, 11) is 2.09. The highest BCUT2D eigenvalue weighted by Crippen LogP contribution is 2.62. The maximum Gasteiger partial charge on any atom is -0.00180 e. The van der Waals surface area contributed by atoms with Crippen LogP contribution in [-0.4, -0.2) is 13.6 Å². The summed E-state index contributed by atoms with van der Waals surface area (Å²) in [6.45, 7) is 3.62. The Bertz CT molecular complexity index is 178. The molecule has 2 saturated carbocycles. The summed E-state index contributed by atoms with van der Waals surface area (Å²) < 4.78 is 0. The Hall–Kier alpha value is -0.0400. The van der Waals surface area contributed by atoms with Crippen molar-refractivity contribution in [1.82, 2.24) is 5.32 Å². The van der Waals surface area contributed by atoms with E-state index in [4.69, 9.17) is 0 Å². The summed E-state index contributed by atoms with van der Waals surface area (Å²) in [6, 6.07) is 0. The summed E-state index contributed by atoms with van der Waals surface area (Å²) in [6.07, 6.45) is 8.99. The quantitative estimate of drug-likeness (QED) is 0.706. The number of nitrogens with one attached hydrogen (secondary N) is 1. The van der Waals surface area contributed by atoms with E-state index in [1.165, 1.54) is 45.1 Å². The van der Waals surface area contributed by atoms with Crippen molar-refractivity contribution in [2.45, 2.75) is 45.4 Å². The fourth-order valence-electron chi connectivity index (χ4n) is 3.39. The minimum absolute atomic E-state index is 0.807. The molecule has 0 aromatic heterocycles. The second-order valence-corrected chi connectivity index (χ2v) is 5.19. The summed E-state index contributed by atoms with van der Waals surface area (Å²) >= 11 is 0. The van der Waals surface area contributed by atoms with Gasteiger partial charge < -0.3 is 5.32 Å². The Balaban J connectivity index is 1.87. The number of hydrogen-bond donors (Lipinski definition) is 1. The molecule has 0 heterocycles. The van der Waals surface area contributed by atoms with Crippen molar-refractivity contribution in [3.8, 4) is 0 Å². The van der Waals surface area contributed by atoms with Gasteiger partial charge in [0.25, 0.3) is 0 Å². The second-order valence-electron chi connectivity index (χ2n) is 5.19. The molecule has 0 aliphatic heterocycles. The fourth-order valence-corrected chi connectivity index (χ4v) is 3.39. The Morgan fingerprint density at radius 2 is 2.23 bits per heavy atom. The van der Waals surface area contributed by atoms with Gasteiger partial charge >= 0.3 is 0 Å². The molecule has 76 valence electrons. The Morgan fingerprint density at radius 3 is 2.92 bits per heavy atom. The molecule has 2 aliphatic rings. The molecule has 1 heteroatoms. The van der Waals surface area contributed by atoms with Crippen molar-refractivity contribution in [2.75, 3.05) is 13.6 Å². The first-order chi connectivity index (χ1) is 6.30. The molecule has 1 nitrogen and oxygen atoms in total. The molecule has 1 N–H and O–H groups in total. The summed E-state index contributed by atoms with van der Waals surface area (Å²) in [4.78, 5) is 0. The smallest absolute Gasteiger partial charge is 0.00180 e. The Kier molecular flexibility index (Phi) is 2.64. The van der Waals surface area contributed by atoms with Crippen LogP contribution in [0.1, 0.15) is 45.4 Å². The molecule has 13 heavy (non-hydrogen) atoms. The molecule has 0 amide bonds. The van der Waals surface area contributed by atoms with Crippen molar-refractivity contribution in [3.63, 3.8) is 0 Å². The molecule has 0 radical (unpaired) electrons. The normalized spacial score (nSPS) is 43.8. The molecule has 0 bridgehead atoms. The number of hydrogen-bond acceptors (Lipinski definition) is 1. The van der Waals surface area contributed by atoms with Gasteiger partial charge in [0, 0.05) is 0 Å². The predicted molar refractivity (Wildman–Crippen MR) is 56.7 cm³/mol. The summed E-state index contributed by atoms with van der Waals surface area (Å²) in [5.41, 5.74) is 0.807. The zero-order valence-corrected chi connectivity index (χ0v) is 9.10. The third-order valence-corrected chi connectivity index (χ3v) is 4.37. The lowest BCUT2D eigenvalue weighted by molar-refractivity contribution is 0.223. The Morgan fingerprint density at radius 1 is 1.38 bits per heavy atom. The van der Waals surface area contributed by atoms with Crippen LogP contribution in [0.5, 0.6) is 0 Å². The topological polar surface area (TPSA) is 12.0 Å². The first-order valence-electron chi connectivity index (χ1n) is 5.95. The molecule has 0 aromatic rings. The van der Waals surface area contributed by atoms with Crippen molar-refractivity contribution < 1.29 is 0 Å². The van der Waals surface area contributed by atoms with E-state index < -0.39 is 0 Å². The highest BCUT2D eigenvalue weighted by atomic mass is 14.8. The lowest BCUT2D eigenvalue weighted by Crippen LogP contribution is -2.21. The zero-order chi connectivity index (χ0) is 9.31. The average molecular weight is 181 g/mol. The maximum atomic E-state index is 3.33. The van der Waals surface area contributed by atoms with Crippen molar-refractivity contribution in [3.05, 3.63) is 0 Å². The van der Waals surface area contributed by atoms with Crippen LogP contribution < -0.4 is 5.32 Å². The van der Waals surface area contributed by atoms with Gasteiger partial charge in [-0.05, 0) is 50.1 Å². The van der Waals surface area contributed by atoms with E-state index in [2.05, 4.69) is 19.3 Å². The van der Waals surface area contributed by atoms with Crippen LogP contribution in [0, 0.1) is 17.3 Å². The zero-order valence-electron chi connectivity index (χ0n) is 9.10. The van der Waals surface area contributed by atoms with Gasteiger partial charge in [-0.2, -0.15) is 0 Å². The average Bonchev–Trinajstić information content (AvgIpc) is 2.79. The molecule has 0 saturated heterocycles. The van der Waals surface area contributed by atoms with Crippen LogP contribution in [-0.2, 0) is 0 Å². The monoisotopic (exact) mass is 181 g/mol. The van der Waals surface area contributed by atoms with Crippen LogP contribution in [0.3, 0.4) is 0 Å². The van der Waals surface area contributed by atoms with E-state index in [0.29, 0.717) is 0 Å². The maximum absolute atomic E-state index is 3.33. The lowest BCUT2D eigenvalue weighted by Gasteiger charge is -2.29. The van der Waals surface area contributed by atoms with Gasteiger partial charge in [-0.15, -0.1) is 0 Å². The third kappa shape index (κ3) is 1.76. The predicted octanol–water partition coefficient (Wildman–Crippen LogP) is 2.81. The first kappa shape index (κ1) is 9.51. The molecule has 3 atom stereocenters. The fraction of sp³-hybridized carbons (Fsp3) is 1.00. The van der Waals surface area contributed by atoms with Gasteiger partial charge in [0.05, 0.1) is 0 Å². The van der Waals surface area contributed by atoms with Crippen LogP contribution in [0.2, 0.25) is 0 Å². The van der Waals surface area contributed by atoms with Crippen molar-refractivity contribution in [2.24, 2.45) is 17.3 Å². The van der Waals surface area contributed by atoms with E-state index in [0.717, 1.165) is 17.3 Å². The highest BCUT2D eigenvalue weighted by Gasteiger charge is 2.54. The third-order valence-electron chi connectivity index (χ3n) is 4.37. The van der Waals surface area contributed by atoms with Gasteiger partial charge in [0.2, 0.25) is 0 Å². The van der Waals surface area contributed by atoms with E-state index in [1.54, 1.807) is 0 Å². The van der Waals surface area contributed by atoms with Gasteiger partial charge in [-0.3, -0.25) is 0 Å². The molecular weight excluding hydrogens is 158 g/mol. The molecule has 1 spiro atoms. The Labute approximate surface area is 82.3 Å². The molecule has 3 unspecified atom stereocenters. The molecule has 2 aliphatic carbocycles. The number of rotatable bonds is 3. The van der Waals surface area contributed by atoms with Crippen LogP contribution in [0.15, 0.2) is 0 Å². The van der Waals surface area contributed by atoms with Crippen molar-refractivity contribution >= 4 is 0 Å². The lowest BCUT2D eigenvalue weighted by atomic mass is 9.76. The van der Waals surface area contributed by atoms with E-state index in [1.807, 2.05) is 0 Å². The molecule has 2 rings (SSSR count). The first-order valence-corrected chi connectivity index (χ1v) is 5.95. The molecule has 2 fully saturated rings. The van der Waals surface area contributed by atoms with E-state index in [-0.39, 0.29) is 0 Å². The second kappa shape index (κ2) is 3.61. The van der Waals surface area contributed by atoms with Gasteiger partial charge in [-0.25, -0.2) is 0 Å². The standard InChI is InChI=1S/C12H23N/c1-3-10-5-4-6-12(7-10)8-11(12)9-13-2/h10-11,13H,3-9H2,1-2H3. The van der Waals surface area contributed by atoms with Gasteiger partial charge in [0.1, 0.15) is 0 Å². The summed E-state index contributed by atoms with van der Waals surface area (Å²) in [5.74, 6) is 2.07. The molecule has 0 aromatic carbocycles. The minimum atomic E-state index is 0.807.